The Hall–Kier alpha value is -4.34. The Balaban J connectivity index is 0. The Labute approximate surface area is 560 Å². The number of ketones is 1. The molecule has 24 heteroatoms. The van der Waals surface area contributed by atoms with Crippen molar-refractivity contribution < 1.29 is 77.8 Å². The number of benzene rings is 6. The largest absolute Gasteiger partial charge is 1.00 e. The summed E-state index contributed by atoms with van der Waals surface area (Å²) in [7, 11) is -11.8. The van der Waals surface area contributed by atoms with E-state index in [1.165, 1.54) is 74.6 Å². The molecule has 0 bridgehead atoms. The minimum Gasteiger partial charge on any atom is -0.494 e. The molecular weight excluding hydrogens is 1310 g/mol. The minimum atomic E-state index is -4.00. The number of nitrogens with two attached hydrogens (primary N) is 3. The molecule has 0 spiro atoms. The maximum absolute atomic E-state index is 12.5. The Morgan fingerprint density at radius 3 is 1.28 bits per heavy atom. The van der Waals surface area contributed by atoms with Crippen molar-refractivity contribution in [1.82, 2.24) is 0 Å². The molecular formula is C64H88BrCl3LiN3O13S3. The quantitative estimate of drug-likeness (QED) is 0.0144. The summed E-state index contributed by atoms with van der Waals surface area (Å²) in [6, 6.07) is 33.8. The molecule has 1 aliphatic heterocycles. The van der Waals surface area contributed by atoms with Gasteiger partial charge in [-0.05, 0) is 146 Å². The van der Waals surface area contributed by atoms with E-state index in [2.05, 4.69) is 50.5 Å². The van der Waals surface area contributed by atoms with Crippen LogP contribution >= 0.6 is 50.7 Å². The van der Waals surface area contributed by atoms with Crippen LogP contribution in [0.25, 0.3) is 0 Å². The zero-order valence-corrected chi connectivity index (χ0v) is 55.8. The van der Waals surface area contributed by atoms with E-state index < -0.39 is 36.2 Å². The smallest absolute Gasteiger partial charge is 0.494 e. The van der Waals surface area contributed by atoms with Crippen LogP contribution in [-0.2, 0) is 34.8 Å². The van der Waals surface area contributed by atoms with Crippen molar-refractivity contribution in [2.75, 3.05) is 33.0 Å². The number of hydrogen-bond acceptors (Lipinski definition) is 13. The molecule has 0 radical (unpaired) electrons. The zero-order chi connectivity index (χ0) is 63.4. The molecule has 1 fully saturated rings. The van der Waals surface area contributed by atoms with E-state index in [0.29, 0.717) is 41.9 Å². The fourth-order valence-corrected chi connectivity index (χ4v) is 10.6. The molecule has 6 aromatic carbocycles. The molecule has 0 aliphatic carbocycles. The number of halogens is 4. The summed E-state index contributed by atoms with van der Waals surface area (Å²) in [5.74, 6) is 2.06. The number of rotatable bonds is 24. The first-order valence-corrected chi connectivity index (χ1v) is 34.3. The van der Waals surface area contributed by atoms with Crippen LogP contribution < -0.4 is 48.5 Å². The SMILES string of the molecule is C.C.C1CCOC1.CCCCCOc1ccc(Br)cc1.CCCCCOc1ccc(C(=O)c2ccc(Cl)c(S(N)(=O)=O)c2)cc1.CCCCCOc1ccc(C(O)c2ccc(Cl)c(S(N)(=O)=O)c2)cc1.NS(=O)(=O)c1cc(C=O)ccc1Cl.[CH2-]CCC.[Li+]. The molecule has 7 rings (SSSR count). The Morgan fingerprint density at radius 2 is 0.909 bits per heavy atom. The minimum absolute atomic E-state index is 0. The predicted molar refractivity (Wildman–Crippen MR) is 357 cm³/mol. The van der Waals surface area contributed by atoms with E-state index >= 15 is 0 Å². The van der Waals surface area contributed by atoms with Gasteiger partial charge in [0.1, 0.15) is 44.3 Å². The number of aliphatic hydroxyl groups excluding tert-OH is 1. The van der Waals surface area contributed by atoms with E-state index in [9.17, 15) is 39.9 Å². The van der Waals surface area contributed by atoms with Gasteiger partial charge in [-0.3, -0.25) is 9.59 Å². The third kappa shape index (κ3) is 34.2. The van der Waals surface area contributed by atoms with Crippen LogP contribution in [0.2, 0.25) is 15.1 Å². The second-order valence-electron chi connectivity index (χ2n) is 18.9. The summed E-state index contributed by atoms with van der Waals surface area (Å²) < 4.78 is 90.8. The average Bonchev–Trinajstić information content (AvgIpc) is 4.18. The second kappa shape index (κ2) is 46.7. The van der Waals surface area contributed by atoms with Gasteiger partial charge in [0.2, 0.25) is 30.1 Å². The third-order valence-corrected chi connectivity index (χ3v) is 16.5. The van der Waals surface area contributed by atoms with Crippen LogP contribution in [0.3, 0.4) is 0 Å². The van der Waals surface area contributed by atoms with Gasteiger partial charge in [0.15, 0.2) is 5.78 Å². The van der Waals surface area contributed by atoms with Crippen LogP contribution in [0.5, 0.6) is 17.2 Å². The molecule has 1 heterocycles. The number of carbonyl (C=O) groups excluding carboxylic acids is 2. The van der Waals surface area contributed by atoms with E-state index in [1.807, 2.05) is 24.3 Å². The molecule has 6 aromatic rings. The van der Waals surface area contributed by atoms with Crippen molar-refractivity contribution in [3.05, 3.63) is 182 Å². The molecule has 0 amide bonds. The summed E-state index contributed by atoms with van der Waals surface area (Å²) in [4.78, 5) is 22.1. The predicted octanol–water partition coefficient (Wildman–Crippen LogP) is 12.9. The van der Waals surface area contributed by atoms with Gasteiger partial charge in [-0.2, -0.15) is 6.42 Å². The monoisotopic (exact) mass is 1390 g/mol. The normalized spacial score (nSPS) is 11.7. The topological polar surface area (TPSA) is 272 Å². The maximum atomic E-state index is 12.5. The maximum Gasteiger partial charge on any atom is 1.00 e. The summed E-state index contributed by atoms with van der Waals surface area (Å²) in [5.41, 5.74) is 1.84. The van der Waals surface area contributed by atoms with Gasteiger partial charge in [-0.15, -0.1) is 0 Å². The van der Waals surface area contributed by atoms with Crippen LogP contribution in [-0.4, -0.2) is 75.5 Å². The second-order valence-corrected chi connectivity index (χ2v) is 25.6. The molecule has 16 nitrogen and oxygen atoms in total. The Bertz CT molecular complexity index is 3270. The van der Waals surface area contributed by atoms with E-state index in [1.54, 1.807) is 54.6 Å². The third-order valence-electron chi connectivity index (χ3n) is 11.8. The molecule has 0 saturated carbocycles. The number of hydrogen-bond donors (Lipinski definition) is 4. The number of unbranched alkanes of at least 4 members (excludes halogenated alkanes) is 7. The van der Waals surface area contributed by atoms with E-state index in [0.717, 1.165) is 93.2 Å². The standard InChI is InChI=1S/C18H22ClNO4S.C18H20ClNO4S.C11H15BrO.C7H6ClNO3S.C4H8O.C4H9.2CH4.Li/c2*1-2-3-4-11-24-15-8-5-13(6-9-15)18(21)14-7-10-16(19)17(12-14)25(20,22)23;1-2-3-4-9-13-11-7-5-10(12)6-8-11;8-6-2-1-5(4-10)3-7(6)13(9,11)12;1-2-4-5-3-1;1-3-4-2;;;/h5-10,12,18,21H,2-4,11H2,1H3,(H2,20,22,23);5-10,12H,2-4,11H2,1H3,(H2,20,22,23);5-8H,2-4,9H2,1H3;1-4H,(H2,9,11,12);1-4H2;1,3-4H2,2H3;2*1H4;/q;;;;;-1;;;+1. The number of aldehydes is 1. The van der Waals surface area contributed by atoms with Crippen molar-refractivity contribution in [1.29, 1.82) is 0 Å². The Kier molecular flexibility index (Phi) is 45.5. The van der Waals surface area contributed by atoms with Gasteiger partial charge < -0.3 is 31.0 Å². The van der Waals surface area contributed by atoms with Gasteiger partial charge in [-0.25, -0.2) is 40.7 Å². The molecule has 1 atom stereocenters. The van der Waals surface area contributed by atoms with Gasteiger partial charge in [-0.1, -0.05) is 162 Å². The molecule has 1 unspecified atom stereocenters. The summed E-state index contributed by atoms with van der Waals surface area (Å²) in [5, 5.41) is 25.6. The van der Waals surface area contributed by atoms with Crippen molar-refractivity contribution in [2.24, 2.45) is 15.4 Å². The van der Waals surface area contributed by atoms with Crippen molar-refractivity contribution in [3.8, 4) is 17.2 Å². The summed E-state index contributed by atoms with van der Waals surface area (Å²) in [6.07, 6.45) is 14.5. The molecule has 484 valence electrons. The first kappa shape index (κ1) is 85.7. The zero-order valence-electron chi connectivity index (χ0n) is 49.5. The van der Waals surface area contributed by atoms with Crippen molar-refractivity contribution in [2.45, 2.75) is 147 Å². The van der Waals surface area contributed by atoms with Crippen LogP contribution in [0.15, 0.2) is 147 Å². The fourth-order valence-electron chi connectivity index (χ4n) is 7.06. The number of carbonyl (C=O) groups is 2. The first-order valence-electron chi connectivity index (χ1n) is 27.7. The molecule has 1 aliphatic rings. The molecule has 0 aromatic heterocycles. The van der Waals surface area contributed by atoms with Crippen LogP contribution in [0, 0.1) is 6.92 Å². The van der Waals surface area contributed by atoms with Gasteiger partial charge >= 0.3 is 18.9 Å². The van der Waals surface area contributed by atoms with Gasteiger partial charge in [0.05, 0.1) is 34.9 Å². The summed E-state index contributed by atoms with van der Waals surface area (Å²) >= 11 is 20.6. The first-order chi connectivity index (χ1) is 40.3. The van der Waals surface area contributed by atoms with Gasteiger partial charge in [0, 0.05) is 34.4 Å². The van der Waals surface area contributed by atoms with Crippen LogP contribution in [0.1, 0.15) is 170 Å². The van der Waals surface area contributed by atoms with Crippen LogP contribution in [0.4, 0.5) is 0 Å². The van der Waals surface area contributed by atoms with E-state index in [-0.39, 0.29) is 80.4 Å². The summed E-state index contributed by atoms with van der Waals surface area (Å²) in [6.45, 7) is 16.3. The molecule has 1 saturated heterocycles. The Morgan fingerprint density at radius 1 is 0.557 bits per heavy atom. The number of aliphatic hydroxyl groups is 1. The van der Waals surface area contributed by atoms with Crippen molar-refractivity contribution in [3.63, 3.8) is 0 Å². The number of ether oxygens (including phenoxy) is 4. The van der Waals surface area contributed by atoms with Crippen molar-refractivity contribution >= 4 is 92.9 Å². The number of sulfonamides is 3. The van der Waals surface area contributed by atoms with Gasteiger partial charge in [0.25, 0.3) is 0 Å². The van der Waals surface area contributed by atoms with E-state index in [4.69, 9.17) is 69.2 Å². The molecule has 88 heavy (non-hydrogen) atoms. The fraction of sp³-hybridized carbons (Fsp3) is 0.391. The average molecular weight is 1400 g/mol. The molecule has 7 N–H and O–H groups in total. The number of primary sulfonamides is 3.